The molecule has 136 valence electrons. The van der Waals surface area contributed by atoms with E-state index in [1.165, 1.54) is 17.9 Å². The van der Waals surface area contributed by atoms with E-state index >= 15 is 0 Å². The van der Waals surface area contributed by atoms with Crippen LogP contribution < -0.4 is 10.2 Å². The van der Waals surface area contributed by atoms with Crippen molar-refractivity contribution in [2.75, 3.05) is 7.11 Å². The van der Waals surface area contributed by atoms with Crippen LogP contribution in [0.4, 0.5) is 4.79 Å². The van der Waals surface area contributed by atoms with Crippen molar-refractivity contribution in [3.8, 4) is 5.75 Å². The number of methoxy groups -OCH3 is 1. The summed E-state index contributed by atoms with van der Waals surface area (Å²) in [7, 11) is 2.33. The normalized spacial score (nSPS) is 26.1. The predicted molar refractivity (Wildman–Crippen MR) is 89.1 cm³/mol. The number of ether oxygens (including phenoxy) is 3. The van der Waals surface area contributed by atoms with Crippen LogP contribution in [0.25, 0.3) is 0 Å². The summed E-state index contributed by atoms with van der Waals surface area (Å²) in [6.07, 6.45) is 3.46. The van der Waals surface area contributed by atoms with Crippen LogP contribution in [-0.4, -0.2) is 60.5 Å². The standard InChI is InChI=1S/C16H17BN2O7/c1-24-13-11-14(21)19-7-2-3-8(4-7)25-10(19)6-18(11)5-9(12(13)20)15(22)26-16(17)23/h5,7-8,10H,2-4,6,17H2,1H3/t7-,8+,10?/m0/s1. The Balaban J connectivity index is 1.82. The molecule has 3 atom stereocenters. The Labute approximate surface area is 149 Å². The average molecular weight is 360 g/mol. The molecule has 0 spiro atoms. The molecule has 1 aromatic heterocycles. The largest absolute Gasteiger partial charge is 0.491 e. The minimum absolute atomic E-state index is 0.0853. The van der Waals surface area contributed by atoms with E-state index < -0.39 is 23.5 Å². The lowest BCUT2D eigenvalue weighted by atomic mass is 10.1. The minimum Gasteiger partial charge on any atom is -0.491 e. The van der Waals surface area contributed by atoms with Crippen LogP contribution in [0.5, 0.6) is 5.75 Å². The Kier molecular flexibility index (Phi) is 3.87. The molecule has 0 aromatic carbocycles. The number of hydrogen-bond donors (Lipinski definition) is 0. The van der Waals surface area contributed by atoms with Gasteiger partial charge in [0.2, 0.25) is 13.3 Å². The smallest absolute Gasteiger partial charge is 0.350 e. The minimum atomic E-state index is -1.07. The molecule has 1 unspecified atom stereocenters. The number of nitrogens with zero attached hydrogens (tertiary/aromatic N) is 2. The molecule has 9 nitrogen and oxygen atoms in total. The van der Waals surface area contributed by atoms with Gasteiger partial charge in [-0.05, 0) is 19.3 Å². The average Bonchev–Trinajstić information content (AvgIpc) is 2.95. The summed E-state index contributed by atoms with van der Waals surface area (Å²) in [6, 6.07) is 0.0853. The van der Waals surface area contributed by atoms with Crippen molar-refractivity contribution in [3.63, 3.8) is 0 Å². The molecule has 3 heterocycles. The zero-order valence-corrected chi connectivity index (χ0v) is 14.4. The van der Waals surface area contributed by atoms with Gasteiger partial charge in [0.15, 0.2) is 17.7 Å². The van der Waals surface area contributed by atoms with E-state index in [0.29, 0.717) is 0 Å². The van der Waals surface area contributed by atoms with Crippen LogP contribution in [0.3, 0.4) is 0 Å². The van der Waals surface area contributed by atoms with Crippen molar-refractivity contribution >= 4 is 25.6 Å². The lowest BCUT2D eigenvalue weighted by molar-refractivity contribution is -0.132. The first-order chi connectivity index (χ1) is 12.4. The second-order valence-corrected chi connectivity index (χ2v) is 6.68. The Bertz CT molecular complexity index is 880. The van der Waals surface area contributed by atoms with Crippen molar-refractivity contribution in [3.05, 3.63) is 27.7 Å². The summed E-state index contributed by atoms with van der Waals surface area (Å²) >= 11 is 0. The van der Waals surface area contributed by atoms with Crippen molar-refractivity contribution < 1.29 is 28.6 Å². The Morgan fingerprint density at radius 3 is 2.77 bits per heavy atom. The Hall–Kier alpha value is -2.62. The fourth-order valence-electron chi connectivity index (χ4n) is 4.06. The fraction of sp³-hybridized carbons (Fsp3) is 0.500. The van der Waals surface area contributed by atoms with E-state index in [2.05, 4.69) is 4.74 Å². The zero-order valence-electron chi connectivity index (χ0n) is 14.4. The molecule has 2 fully saturated rings. The number of esters is 1. The summed E-state index contributed by atoms with van der Waals surface area (Å²) in [5.41, 5.74) is -1.05. The number of aromatic nitrogens is 1. The maximum Gasteiger partial charge on any atom is 0.350 e. The van der Waals surface area contributed by atoms with Crippen molar-refractivity contribution in [2.45, 2.75) is 44.2 Å². The second kappa shape index (κ2) is 5.98. The van der Waals surface area contributed by atoms with Crippen molar-refractivity contribution in [1.29, 1.82) is 0 Å². The van der Waals surface area contributed by atoms with Crippen LogP contribution in [0, 0.1) is 0 Å². The van der Waals surface area contributed by atoms with E-state index in [4.69, 9.17) is 9.47 Å². The van der Waals surface area contributed by atoms with Gasteiger partial charge in [0.1, 0.15) is 5.56 Å². The summed E-state index contributed by atoms with van der Waals surface area (Å²) in [5, 5.41) is 0. The van der Waals surface area contributed by atoms with Gasteiger partial charge in [-0.2, -0.15) is 0 Å². The van der Waals surface area contributed by atoms with Gasteiger partial charge >= 0.3 is 5.97 Å². The highest BCUT2D eigenvalue weighted by Crippen LogP contribution is 2.38. The van der Waals surface area contributed by atoms with E-state index in [1.807, 2.05) is 0 Å². The third-order valence-corrected chi connectivity index (χ3v) is 5.10. The third kappa shape index (κ3) is 2.44. The lowest BCUT2D eigenvalue weighted by Crippen LogP contribution is -2.57. The van der Waals surface area contributed by atoms with Gasteiger partial charge in [-0.1, -0.05) is 0 Å². The molecular formula is C16H17BN2O7. The Morgan fingerprint density at radius 2 is 2.08 bits per heavy atom. The van der Waals surface area contributed by atoms with Crippen LogP contribution in [0.1, 0.15) is 40.1 Å². The van der Waals surface area contributed by atoms with Gasteiger partial charge in [0.25, 0.3) is 11.8 Å². The third-order valence-electron chi connectivity index (χ3n) is 5.10. The molecule has 1 saturated carbocycles. The second-order valence-electron chi connectivity index (χ2n) is 6.68. The topological polar surface area (TPSA) is 104 Å². The molecule has 3 aliphatic rings. The van der Waals surface area contributed by atoms with E-state index in [9.17, 15) is 19.2 Å². The highest BCUT2D eigenvalue weighted by atomic mass is 16.6. The summed E-state index contributed by atoms with van der Waals surface area (Å²) < 4.78 is 17.1. The molecular weight excluding hydrogens is 343 g/mol. The van der Waals surface area contributed by atoms with E-state index in [-0.39, 0.29) is 41.6 Å². The quantitative estimate of drug-likeness (QED) is 0.398. The van der Waals surface area contributed by atoms with Crippen LogP contribution in [-0.2, 0) is 16.0 Å². The molecule has 1 aliphatic carbocycles. The molecule has 0 radical (unpaired) electrons. The number of hydrogen-bond acceptors (Lipinski definition) is 7. The summed E-state index contributed by atoms with van der Waals surface area (Å²) in [5.74, 6) is -2.49. The van der Waals surface area contributed by atoms with Gasteiger partial charge in [-0.3, -0.25) is 14.4 Å². The monoisotopic (exact) mass is 360 g/mol. The fourth-order valence-corrected chi connectivity index (χ4v) is 4.06. The van der Waals surface area contributed by atoms with Gasteiger partial charge in [0.05, 0.1) is 19.8 Å². The number of pyridine rings is 1. The SMILES string of the molecule is BC(=O)OC(=O)c1cn2c(c(OC)c1=O)C(=O)N1C(C2)O[C@@H]2CC[C@H]1C2. The maximum absolute atomic E-state index is 13.1. The molecule has 1 amide bonds. The number of carbonyl (C=O) groups is 3. The van der Waals surface area contributed by atoms with E-state index in [0.717, 1.165) is 27.1 Å². The van der Waals surface area contributed by atoms with Crippen molar-refractivity contribution in [2.24, 2.45) is 0 Å². The van der Waals surface area contributed by atoms with Crippen LogP contribution in [0.15, 0.2) is 11.0 Å². The summed E-state index contributed by atoms with van der Waals surface area (Å²) in [6.45, 7) is 0.269. The highest BCUT2D eigenvalue weighted by Gasteiger charge is 2.47. The first-order valence-corrected chi connectivity index (χ1v) is 8.43. The number of amides is 1. The van der Waals surface area contributed by atoms with Crippen molar-refractivity contribution in [1.82, 2.24) is 9.47 Å². The molecule has 26 heavy (non-hydrogen) atoms. The van der Waals surface area contributed by atoms with Gasteiger partial charge in [-0.15, -0.1) is 0 Å². The predicted octanol–water partition coefficient (Wildman–Crippen LogP) is -0.500. The summed E-state index contributed by atoms with van der Waals surface area (Å²) in [4.78, 5) is 50.5. The maximum atomic E-state index is 13.1. The number of rotatable bonds is 2. The molecule has 4 rings (SSSR count). The number of fused-ring (bicyclic) bond motifs is 5. The van der Waals surface area contributed by atoms with Gasteiger partial charge in [-0.25, -0.2) is 4.79 Å². The molecule has 10 heteroatoms. The first kappa shape index (κ1) is 16.8. The van der Waals surface area contributed by atoms with Crippen LogP contribution >= 0.6 is 0 Å². The highest BCUT2D eigenvalue weighted by molar-refractivity contribution is 6.56. The first-order valence-electron chi connectivity index (χ1n) is 8.43. The molecule has 1 saturated heterocycles. The van der Waals surface area contributed by atoms with Gasteiger partial charge < -0.3 is 23.7 Å². The molecule has 0 N–H and O–H groups in total. The molecule has 2 aliphatic heterocycles. The molecule has 2 bridgehead atoms. The number of carbonyl (C=O) groups excluding carboxylic acids is 3. The molecule has 1 aromatic rings. The van der Waals surface area contributed by atoms with Gasteiger partial charge in [0, 0.05) is 12.2 Å². The lowest BCUT2D eigenvalue weighted by Gasteiger charge is -2.44. The Morgan fingerprint density at radius 1 is 1.31 bits per heavy atom. The van der Waals surface area contributed by atoms with E-state index in [1.54, 1.807) is 4.90 Å². The van der Waals surface area contributed by atoms with Crippen LogP contribution in [0.2, 0.25) is 0 Å². The zero-order chi connectivity index (χ0) is 18.6.